The number of rotatable bonds is 9. The van der Waals surface area contributed by atoms with Crippen LogP contribution in [0.15, 0.2) is 11.1 Å². The highest BCUT2D eigenvalue weighted by Crippen LogP contribution is 2.41. The summed E-state index contributed by atoms with van der Waals surface area (Å²) in [5.74, 6) is -2.96. The molecule has 1 aromatic rings. The number of carbonyl (C=O) groups excluding carboxylic acids is 4. The molecule has 1 aliphatic rings. The van der Waals surface area contributed by atoms with Gasteiger partial charge in [-0.2, -0.15) is 4.39 Å². The van der Waals surface area contributed by atoms with Crippen molar-refractivity contribution in [2.75, 3.05) is 24.9 Å². The van der Waals surface area contributed by atoms with Crippen LogP contribution in [0.4, 0.5) is 10.1 Å². The second-order valence-corrected chi connectivity index (χ2v) is 8.24. The van der Waals surface area contributed by atoms with Crippen LogP contribution in [-0.4, -0.2) is 43.8 Å². The third-order valence-electron chi connectivity index (χ3n) is 4.65. The molecule has 1 aromatic heterocycles. The number of ether oxygens (including phenoxy) is 3. The number of thiophene rings is 1. The number of amides is 2. The average Bonchev–Trinajstić information content (AvgIpc) is 3.01. The van der Waals surface area contributed by atoms with E-state index in [0.717, 1.165) is 6.92 Å². The van der Waals surface area contributed by atoms with E-state index in [1.807, 2.05) is 0 Å². The van der Waals surface area contributed by atoms with Gasteiger partial charge in [0.2, 0.25) is 11.0 Å². The summed E-state index contributed by atoms with van der Waals surface area (Å²) in [4.78, 5) is 50.7. The third kappa shape index (κ3) is 6.14. The molecule has 8 nitrogen and oxygen atoms in total. The van der Waals surface area contributed by atoms with Gasteiger partial charge in [-0.3, -0.25) is 14.4 Å². The second-order valence-electron chi connectivity index (χ2n) is 6.81. The lowest BCUT2D eigenvalue weighted by atomic mass is 9.90. The van der Waals surface area contributed by atoms with Crippen LogP contribution in [-0.2, 0) is 39.8 Å². The topological polar surface area (TPSA) is 99.2 Å². The molecule has 0 aliphatic heterocycles. The number of imide groups is 1. The minimum absolute atomic E-state index is 0.0709. The van der Waals surface area contributed by atoms with Gasteiger partial charge in [0.25, 0.3) is 5.91 Å². The molecule has 0 unspecified atom stereocenters. The van der Waals surface area contributed by atoms with E-state index in [1.54, 1.807) is 13.8 Å². The van der Waals surface area contributed by atoms with Crippen molar-refractivity contribution < 1.29 is 37.8 Å². The monoisotopic (exact) mass is 489 g/mol. The Hall–Kier alpha value is -2.30. The molecule has 0 aromatic carbocycles. The van der Waals surface area contributed by atoms with E-state index in [0.29, 0.717) is 35.7 Å². The predicted molar refractivity (Wildman–Crippen MR) is 116 cm³/mol. The number of halogens is 2. The summed E-state index contributed by atoms with van der Waals surface area (Å²) in [6.45, 7) is 4.69. The lowest BCUT2D eigenvalue weighted by molar-refractivity contribution is -0.151. The molecule has 1 aliphatic carbocycles. The molecule has 0 atom stereocenters. The summed E-state index contributed by atoms with van der Waals surface area (Å²) in [5.41, 5.74) is -0.235. The normalized spacial score (nSPS) is 13.7. The molecule has 0 N–H and O–H groups in total. The summed E-state index contributed by atoms with van der Waals surface area (Å²) in [5, 5.41) is -1.12. The predicted octanol–water partition coefficient (Wildman–Crippen LogP) is 3.93. The molecule has 176 valence electrons. The Labute approximate surface area is 194 Å². The van der Waals surface area contributed by atoms with E-state index in [-0.39, 0.29) is 53.7 Å². The van der Waals surface area contributed by atoms with Gasteiger partial charge < -0.3 is 14.2 Å². The average molecular weight is 490 g/mol. The van der Waals surface area contributed by atoms with Crippen LogP contribution in [0.1, 0.15) is 51.3 Å². The van der Waals surface area contributed by atoms with Gasteiger partial charge >= 0.3 is 11.9 Å². The largest absolute Gasteiger partial charge is 0.466 e. The fourth-order valence-electron chi connectivity index (χ4n) is 3.23. The van der Waals surface area contributed by atoms with E-state index in [2.05, 4.69) is 0 Å². The zero-order valence-electron chi connectivity index (χ0n) is 18.1. The Morgan fingerprint density at radius 1 is 1.06 bits per heavy atom. The molecule has 32 heavy (non-hydrogen) atoms. The lowest BCUT2D eigenvalue weighted by Gasteiger charge is -2.24. The van der Waals surface area contributed by atoms with Crippen LogP contribution in [0.5, 0.6) is 0 Å². The molecule has 0 bridgehead atoms. The molecule has 2 rings (SSSR count). The number of hydrogen-bond acceptors (Lipinski definition) is 8. The van der Waals surface area contributed by atoms with Gasteiger partial charge in [0, 0.05) is 29.6 Å². The van der Waals surface area contributed by atoms with E-state index in [9.17, 15) is 23.6 Å². The molecule has 0 fully saturated rings. The third-order valence-corrected chi connectivity index (χ3v) is 6.14. The fourth-order valence-corrected chi connectivity index (χ4v) is 4.52. The first-order valence-electron chi connectivity index (χ1n) is 10.2. The van der Waals surface area contributed by atoms with Gasteiger partial charge in [0.1, 0.15) is 5.69 Å². The van der Waals surface area contributed by atoms with Crippen LogP contribution in [0, 0.1) is 5.13 Å². The number of hydrogen-bond donors (Lipinski definition) is 0. The Morgan fingerprint density at radius 2 is 1.72 bits per heavy atom. The van der Waals surface area contributed by atoms with Gasteiger partial charge in [-0.15, -0.1) is 11.3 Å². The van der Waals surface area contributed by atoms with Gasteiger partial charge in [0.05, 0.1) is 18.1 Å². The maximum atomic E-state index is 14.8. The Kier molecular flexibility index (Phi) is 9.80. The van der Waals surface area contributed by atoms with Gasteiger partial charge in [-0.05, 0) is 39.5 Å². The summed E-state index contributed by atoms with van der Waals surface area (Å²) >= 11 is 6.83. The zero-order valence-corrected chi connectivity index (χ0v) is 19.7. The highest BCUT2D eigenvalue weighted by molar-refractivity contribution is 7.11. The highest BCUT2D eigenvalue weighted by Gasteiger charge is 2.35. The molecule has 11 heteroatoms. The summed E-state index contributed by atoms with van der Waals surface area (Å²) in [6, 6.07) is 0. The van der Waals surface area contributed by atoms with E-state index >= 15 is 0 Å². The van der Waals surface area contributed by atoms with Gasteiger partial charge in [-0.1, -0.05) is 11.6 Å². The lowest BCUT2D eigenvalue weighted by Crippen LogP contribution is -2.38. The Balaban J connectivity index is 2.42. The van der Waals surface area contributed by atoms with Crippen LogP contribution in [0.25, 0.3) is 0 Å². The van der Waals surface area contributed by atoms with Crippen molar-refractivity contribution in [3.63, 3.8) is 0 Å². The van der Waals surface area contributed by atoms with Gasteiger partial charge in [-0.25, -0.2) is 9.69 Å². The maximum Gasteiger partial charge on any atom is 0.336 e. The highest BCUT2D eigenvalue weighted by atomic mass is 35.5. The number of esters is 2. The van der Waals surface area contributed by atoms with E-state index < -0.39 is 34.6 Å². The summed E-state index contributed by atoms with van der Waals surface area (Å²) in [6.07, 6.45) is 1.48. The van der Waals surface area contributed by atoms with Crippen molar-refractivity contribution in [2.24, 2.45) is 0 Å². The molecular formula is C21H25ClFNO7S. The van der Waals surface area contributed by atoms with Crippen LogP contribution >= 0.6 is 22.9 Å². The minimum Gasteiger partial charge on any atom is -0.466 e. The SMILES string of the molecule is CCOCOC(=O)C1=C(C(=O)N(C(C)=O)c2c(F)sc(CC(=O)OCC)c2Cl)CCCC1. The van der Waals surface area contributed by atoms with Crippen molar-refractivity contribution in [3.8, 4) is 0 Å². The number of carbonyl (C=O) groups is 4. The first-order valence-corrected chi connectivity index (χ1v) is 11.4. The first kappa shape index (κ1) is 26.0. The quantitative estimate of drug-likeness (QED) is 0.294. The molecule has 1 heterocycles. The standard InChI is InChI=1S/C21H25ClFNO7S/c1-4-29-11-31-21(28)14-9-7-6-8-13(14)20(27)24(12(3)25)18-17(22)15(32-19(18)23)10-16(26)30-5-2/h4-11H2,1-3H3. The fraction of sp³-hybridized carbons (Fsp3) is 0.524. The van der Waals surface area contributed by atoms with Crippen molar-refractivity contribution in [2.45, 2.75) is 52.9 Å². The second kappa shape index (κ2) is 12.1. The molecule has 0 radical (unpaired) electrons. The van der Waals surface area contributed by atoms with E-state index in [4.69, 9.17) is 25.8 Å². The zero-order chi connectivity index (χ0) is 23.8. The van der Waals surface area contributed by atoms with Crippen molar-refractivity contribution >= 4 is 52.4 Å². The van der Waals surface area contributed by atoms with Crippen molar-refractivity contribution in [1.82, 2.24) is 0 Å². The first-order chi connectivity index (χ1) is 15.2. The van der Waals surface area contributed by atoms with E-state index in [1.165, 1.54) is 0 Å². The van der Waals surface area contributed by atoms with Crippen LogP contribution in [0.3, 0.4) is 0 Å². The van der Waals surface area contributed by atoms with Crippen molar-refractivity contribution in [1.29, 1.82) is 0 Å². The summed E-state index contributed by atoms with van der Waals surface area (Å²) in [7, 11) is 0. The number of nitrogens with zero attached hydrogens (tertiary/aromatic N) is 1. The molecule has 2 amide bonds. The summed E-state index contributed by atoms with van der Waals surface area (Å²) < 4.78 is 29.7. The Bertz CT molecular complexity index is 927. The van der Waals surface area contributed by atoms with Crippen LogP contribution < -0.4 is 4.90 Å². The Morgan fingerprint density at radius 3 is 2.31 bits per heavy atom. The molecular weight excluding hydrogens is 465 g/mol. The smallest absolute Gasteiger partial charge is 0.336 e. The van der Waals surface area contributed by atoms with Crippen LogP contribution in [0.2, 0.25) is 5.02 Å². The van der Waals surface area contributed by atoms with Gasteiger partial charge in [0.15, 0.2) is 6.79 Å². The molecule has 0 saturated carbocycles. The number of anilines is 1. The maximum absolute atomic E-state index is 14.8. The van der Waals surface area contributed by atoms with Crippen molar-refractivity contribution in [3.05, 3.63) is 26.2 Å². The molecule has 0 spiro atoms. The minimum atomic E-state index is -0.894. The molecule has 0 saturated heterocycles.